The highest BCUT2D eigenvalue weighted by atomic mass is 35.5. The average Bonchev–Trinajstić information content (AvgIpc) is 3.98. The first-order valence-corrected chi connectivity index (χ1v) is 22.5. The Hall–Kier alpha value is -4.33. The first kappa shape index (κ1) is 51.7. The lowest BCUT2D eigenvalue weighted by Gasteiger charge is -2.48. The molecule has 0 spiro atoms. The number of hydrogen-bond donors (Lipinski definition) is 3. The fourth-order valence-corrected chi connectivity index (χ4v) is 9.33. The topological polar surface area (TPSA) is 169 Å². The zero-order chi connectivity index (χ0) is 48.5. The van der Waals surface area contributed by atoms with Gasteiger partial charge >= 0.3 is 6.18 Å². The van der Waals surface area contributed by atoms with Crippen LogP contribution in [0.5, 0.6) is 0 Å². The standard InChI is InChI=1S/C43H57Cl2F6N7O7/c1-22(2)15-29-38(63)57(6)31(17-25-16-26(44)12-13-28(25)45)35(60)52-23(3)37(62)55(4)14-8-7-9-30(34(59)53-29)56(5)39(64)33(24-10-11-24)54-36(61)32-18-27(46)19-58(32)40(65)41(43(49,50)51)20-42(47,48)21-41/h12-13,16,22-24,27,29-33H,7-11,14-15,17-21H2,1-6H3,(H,52,60)(H,53,59)(H,54,61)/t23-,27-,29+,30+,31+,32+,33+/m1/s1. The number of likely N-dealkylation sites (tertiary alicyclic amines) is 1. The van der Waals surface area contributed by atoms with Crippen molar-refractivity contribution < 1.29 is 59.9 Å². The summed E-state index contributed by atoms with van der Waals surface area (Å²) in [6.45, 7) is 4.35. The van der Waals surface area contributed by atoms with Crippen LogP contribution in [-0.4, -0.2) is 150 Å². The van der Waals surface area contributed by atoms with Gasteiger partial charge in [-0.2, -0.15) is 13.2 Å². The molecule has 0 unspecified atom stereocenters. The molecule has 3 N–H and O–H groups in total. The van der Waals surface area contributed by atoms with Gasteiger partial charge in [-0.1, -0.05) is 37.0 Å². The molecule has 362 valence electrons. The van der Waals surface area contributed by atoms with Crippen molar-refractivity contribution >= 4 is 64.6 Å². The molecule has 2 aliphatic heterocycles. The molecular formula is C43H57Cl2F6N7O7. The largest absolute Gasteiger partial charge is 0.403 e. The lowest BCUT2D eigenvalue weighted by atomic mass is 9.64. The lowest BCUT2D eigenvalue weighted by molar-refractivity contribution is -0.299. The third kappa shape index (κ3) is 11.8. The van der Waals surface area contributed by atoms with Crippen LogP contribution in [0.1, 0.15) is 84.1 Å². The number of hydrogen-bond acceptors (Lipinski definition) is 7. The normalized spacial score (nSPS) is 27.5. The molecule has 0 bridgehead atoms. The van der Waals surface area contributed by atoms with E-state index in [9.17, 15) is 59.9 Å². The van der Waals surface area contributed by atoms with E-state index in [1.54, 1.807) is 12.1 Å². The van der Waals surface area contributed by atoms with Crippen LogP contribution in [0, 0.1) is 17.3 Å². The lowest BCUT2D eigenvalue weighted by Crippen LogP contribution is -2.65. The number of rotatable bonds is 10. The van der Waals surface area contributed by atoms with Crippen LogP contribution in [0.15, 0.2) is 18.2 Å². The molecule has 2 saturated carbocycles. The number of benzene rings is 1. The monoisotopic (exact) mass is 967 g/mol. The highest BCUT2D eigenvalue weighted by molar-refractivity contribution is 6.33. The highest BCUT2D eigenvalue weighted by Crippen LogP contribution is 2.61. The number of likely N-dealkylation sites (N-methyl/N-ethyl adjacent to an activating group) is 3. The van der Waals surface area contributed by atoms with E-state index in [2.05, 4.69) is 16.0 Å². The van der Waals surface area contributed by atoms with E-state index in [1.165, 1.54) is 39.0 Å². The van der Waals surface area contributed by atoms with Crippen molar-refractivity contribution in [2.45, 2.75) is 140 Å². The third-order valence-electron chi connectivity index (χ3n) is 12.8. The molecule has 4 aliphatic rings. The van der Waals surface area contributed by atoms with Crippen LogP contribution in [0.2, 0.25) is 10.0 Å². The van der Waals surface area contributed by atoms with Crippen LogP contribution in [0.3, 0.4) is 0 Å². The summed E-state index contributed by atoms with van der Waals surface area (Å²) in [6, 6.07) is -3.41. The molecule has 2 saturated heterocycles. The Labute approximate surface area is 383 Å². The quantitative estimate of drug-likeness (QED) is 0.287. The molecule has 65 heavy (non-hydrogen) atoms. The Bertz CT molecular complexity index is 2000. The summed E-state index contributed by atoms with van der Waals surface area (Å²) in [7, 11) is 4.20. The molecular weight excluding hydrogens is 911 g/mol. The molecule has 7 atom stereocenters. The summed E-state index contributed by atoms with van der Waals surface area (Å²) in [5, 5.41) is 8.57. The molecule has 5 rings (SSSR count). The van der Waals surface area contributed by atoms with E-state index in [0.717, 1.165) is 9.80 Å². The number of carbonyl (C=O) groups is 7. The molecule has 0 aromatic heterocycles. The van der Waals surface area contributed by atoms with Crippen molar-refractivity contribution in [2.75, 3.05) is 34.2 Å². The van der Waals surface area contributed by atoms with Gasteiger partial charge in [-0.15, -0.1) is 0 Å². The Kier molecular flexibility index (Phi) is 16.1. The summed E-state index contributed by atoms with van der Waals surface area (Å²) in [4.78, 5) is 102. The van der Waals surface area contributed by atoms with Crippen LogP contribution in [0.4, 0.5) is 26.3 Å². The van der Waals surface area contributed by atoms with E-state index in [1.807, 2.05) is 13.8 Å². The number of nitrogens with one attached hydrogen (secondary N) is 3. The van der Waals surface area contributed by atoms with Gasteiger partial charge < -0.3 is 35.6 Å². The molecule has 1 aromatic carbocycles. The van der Waals surface area contributed by atoms with Crippen LogP contribution in [0.25, 0.3) is 0 Å². The van der Waals surface area contributed by atoms with Gasteiger partial charge in [0.1, 0.15) is 42.4 Å². The SMILES string of the molecule is CC(C)C[C@@H]1NC(=O)[C@@H](N(C)C(=O)[C@@H](NC(=O)[C@@H]2C[C@@H](F)CN2C(=O)C2(C(F)(F)F)CC(F)(F)C2)C2CC2)CCCCN(C)C(=O)[C@@H](C)NC(=O)[C@H](Cc2cc(Cl)ccc2Cl)N(C)C1=O. The first-order chi connectivity index (χ1) is 30.2. The molecule has 2 aliphatic carbocycles. The van der Waals surface area contributed by atoms with Crippen molar-refractivity contribution in [2.24, 2.45) is 17.3 Å². The van der Waals surface area contributed by atoms with Crippen molar-refractivity contribution in [1.82, 2.24) is 35.6 Å². The van der Waals surface area contributed by atoms with Crippen molar-refractivity contribution in [3.05, 3.63) is 33.8 Å². The minimum Gasteiger partial charge on any atom is -0.344 e. The molecule has 1 aromatic rings. The first-order valence-electron chi connectivity index (χ1n) is 21.7. The zero-order valence-electron chi connectivity index (χ0n) is 37.1. The minimum atomic E-state index is -5.42. The summed E-state index contributed by atoms with van der Waals surface area (Å²) in [6.07, 6.45) is -10.4. The second kappa shape index (κ2) is 20.3. The van der Waals surface area contributed by atoms with E-state index in [0.29, 0.717) is 34.7 Å². The Morgan fingerprint density at radius 3 is 2.20 bits per heavy atom. The molecule has 22 heteroatoms. The van der Waals surface area contributed by atoms with Gasteiger partial charge in [0, 0.05) is 63.4 Å². The maximum atomic E-state index is 14.9. The maximum absolute atomic E-state index is 14.9. The zero-order valence-corrected chi connectivity index (χ0v) is 38.6. The number of nitrogens with zero attached hydrogens (tertiary/aromatic N) is 4. The highest BCUT2D eigenvalue weighted by Gasteiger charge is 2.75. The van der Waals surface area contributed by atoms with Gasteiger partial charge in [-0.3, -0.25) is 33.6 Å². The van der Waals surface area contributed by atoms with Gasteiger partial charge in [-0.05, 0) is 81.0 Å². The molecule has 0 radical (unpaired) electrons. The molecule has 14 nitrogen and oxygen atoms in total. The molecule has 4 fully saturated rings. The summed E-state index contributed by atoms with van der Waals surface area (Å²) < 4.78 is 85.1. The molecule has 2 heterocycles. The van der Waals surface area contributed by atoms with Crippen molar-refractivity contribution in [3.63, 3.8) is 0 Å². The molecule has 7 amide bonds. The fraction of sp³-hybridized carbons (Fsp3) is 0.698. The summed E-state index contributed by atoms with van der Waals surface area (Å²) >= 11 is 12.7. The Morgan fingerprint density at radius 1 is 0.969 bits per heavy atom. The second-order valence-electron chi connectivity index (χ2n) is 18.5. The van der Waals surface area contributed by atoms with Crippen molar-refractivity contribution in [3.8, 4) is 0 Å². The van der Waals surface area contributed by atoms with Crippen LogP contribution >= 0.6 is 23.2 Å². The van der Waals surface area contributed by atoms with E-state index in [4.69, 9.17) is 23.2 Å². The Balaban J connectivity index is 1.42. The van der Waals surface area contributed by atoms with Crippen LogP contribution < -0.4 is 16.0 Å². The number of alkyl halides is 6. The van der Waals surface area contributed by atoms with Gasteiger partial charge in [-0.25, -0.2) is 13.2 Å². The fourth-order valence-electron chi connectivity index (χ4n) is 8.94. The van der Waals surface area contributed by atoms with Gasteiger partial charge in [0.2, 0.25) is 41.4 Å². The number of amides is 7. The number of halogens is 8. The van der Waals surface area contributed by atoms with Gasteiger partial charge in [0.05, 0.1) is 6.54 Å². The van der Waals surface area contributed by atoms with Gasteiger partial charge in [0.15, 0.2) is 5.41 Å². The predicted molar refractivity (Wildman–Crippen MR) is 226 cm³/mol. The maximum Gasteiger partial charge on any atom is 0.403 e. The number of carbonyl (C=O) groups excluding carboxylic acids is 7. The van der Waals surface area contributed by atoms with Crippen molar-refractivity contribution in [1.29, 1.82) is 0 Å². The Morgan fingerprint density at radius 2 is 1.62 bits per heavy atom. The van der Waals surface area contributed by atoms with Gasteiger partial charge in [0.25, 0.3) is 5.92 Å². The van der Waals surface area contributed by atoms with E-state index >= 15 is 0 Å². The van der Waals surface area contributed by atoms with Crippen LogP contribution in [-0.2, 0) is 40.0 Å². The minimum absolute atomic E-state index is 0.000635. The second-order valence-corrected chi connectivity index (χ2v) is 19.3. The van der Waals surface area contributed by atoms with E-state index in [-0.39, 0.29) is 43.2 Å². The summed E-state index contributed by atoms with van der Waals surface area (Å²) in [5.41, 5.74) is -3.08. The average molecular weight is 969 g/mol. The summed E-state index contributed by atoms with van der Waals surface area (Å²) in [5.74, 6) is -10.9. The third-order valence-corrected chi connectivity index (χ3v) is 13.5. The smallest absolute Gasteiger partial charge is 0.344 e. The predicted octanol–water partition coefficient (Wildman–Crippen LogP) is 4.68. The van der Waals surface area contributed by atoms with E-state index < -0.39 is 133 Å².